The lowest BCUT2D eigenvalue weighted by molar-refractivity contribution is 0.102. The Hall–Kier alpha value is -2.49. The number of benzene rings is 1. The van der Waals surface area contributed by atoms with Gasteiger partial charge >= 0.3 is 0 Å². The molecule has 4 rings (SSSR count). The van der Waals surface area contributed by atoms with Gasteiger partial charge in [-0.3, -0.25) is 5.10 Å². The first-order chi connectivity index (χ1) is 13.7. The van der Waals surface area contributed by atoms with E-state index < -0.39 is 0 Å². The predicted octanol–water partition coefficient (Wildman–Crippen LogP) is 4.32. The third kappa shape index (κ3) is 4.16. The Balaban J connectivity index is 1.52. The molecule has 1 fully saturated rings. The van der Waals surface area contributed by atoms with Gasteiger partial charge < -0.3 is 14.2 Å². The summed E-state index contributed by atoms with van der Waals surface area (Å²) >= 11 is 6.96. The molecule has 9 heteroatoms. The van der Waals surface area contributed by atoms with E-state index >= 15 is 0 Å². The molecule has 3 heterocycles. The molecule has 1 atom stereocenters. The third-order valence-corrected chi connectivity index (χ3v) is 5.47. The fourth-order valence-corrected chi connectivity index (χ4v) is 3.76. The molecular weight excluding hydrogens is 396 g/mol. The van der Waals surface area contributed by atoms with Crippen LogP contribution in [0.15, 0.2) is 40.8 Å². The maximum Gasteiger partial charge on any atom is 0.216 e. The van der Waals surface area contributed by atoms with Crippen LogP contribution in [-0.2, 0) is 11.3 Å². The van der Waals surface area contributed by atoms with Gasteiger partial charge in [0, 0.05) is 11.5 Å². The van der Waals surface area contributed by atoms with Gasteiger partial charge in [0.05, 0.1) is 13.3 Å². The number of methoxy groups -OCH3 is 1. The van der Waals surface area contributed by atoms with Crippen molar-refractivity contribution in [3.05, 3.63) is 56.7 Å². The number of hydrogen-bond acceptors (Lipinski definition) is 7. The molecule has 0 aliphatic carbocycles. The molecule has 1 aliphatic heterocycles. The first-order valence-electron chi connectivity index (χ1n) is 8.91. The summed E-state index contributed by atoms with van der Waals surface area (Å²) in [6.45, 7) is 1.24. The number of nitrogens with one attached hydrogen (secondary N) is 1. The maximum atomic E-state index is 5.87. The number of H-pyrrole nitrogens is 1. The van der Waals surface area contributed by atoms with E-state index in [9.17, 15) is 0 Å². The van der Waals surface area contributed by atoms with Crippen molar-refractivity contribution in [3.8, 4) is 11.5 Å². The quantitative estimate of drug-likeness (QED) is 0.459. The van der Waals surface area contributed by atoms with Crippen LogP contribution in [0.1, 0.15) is 35.2 Å². The second-order valence-corrected chi connectivity index (χ2v) is 7.64. The minimum absolute atomic E-state index is 0.0762. The Morgan fingerprint density at radius 3 is 3.11 bits per heavy atom. The van der Waals surface area contributed by atoms with Crippen LogP contribution in [-0.4, -0.2) is 34.8 Å². The molecule has 1 saturated heterocycles. The number of ether oxygens (including phenoxy) is 3. The normalized spacial score (nSPS) is 16.7. The van der Waals surface area contributed by atoms with Crippen LogP contribution in [0.5, 0.6) is 11.5 Å². The van der Waals surface area contributed by atoms with Crippen LogP contribution in [0.3, 0.4) is 0 Å². The van der Waals surface area contributed by atoms with Crippen molar-refractivity contribution in [3.63, 3.8) is 0 Å². The minimum atomic E-state index is -0.0762. The van der Waals surface area contributed by atoms with Gasteiger partial charge in [-0.1, -0.05) is 6.07 Å². The van der Waals surface area contributed by atoms with Crippen LogP contribution < -0.4 is 9.47 Å². The zero-order valence-electron chi connectivity index (χ0n) is 15.3. The summed E-state index contributed by atoms with van der Waals surface area (Å²) in [6, 6.07) is 9.72. The number of hydrogen-bond donors (Lipinski definition) is 1. The largest absolute Gasteiger partial charge is 0.493 e. The van der Waals surface area contributed by atoms with Crippen molar-refractivity contribution < 1.29 is 14.2 Å². The summed E-state index contributed by atoms with van der Waals surface area (Å²) in [7, 11) is 1.62. The van der Waals surface area contributed by atoms with Crippen molar-refractivity contribution in [1.82, 2.24) is 14.9 Å². The summed E-state index contributed by atoms with van der Waals surface area (Å²) in [5, 5.41) is 13.6. The van der Waals surface area contributed by atoms with E-state index in [1.807, 2.05) is 35.7 Å². The van der Waals surface area contributed by atoms with E-state index in [1.165, 1.54) is 0 Å². The molecule has 2 aromatic heterocycles. The predicted molar refractivity (Wildman–Crippen MR) is 110 cm³/mol. The standard InChI is InChI=1S/C19H20N4O3S2/c1-24-17-10-13(6-7-15(17)26-12-14-4-3-9-28-14)11-20-23-18(21-22-19(23)27)16-5-2-8-25-16/h3-4,6-7,9-11,16H,2,5,8,12H2,1H3,(H,22,27)/b20-11-/t16-/m1/s1. The zero-order valence-corrected chi connectivity index (χ0v) is 17.0. The highest BCUT2D eigenvalue weighted by Gasteiger charge is 2.23. The Labute approximate surface area is 171 Å². The fourth-order valence-electron chi connectivity index (χ4n) is 2.96. The monoisotopic (exact) mass is 416 g/mol. The first kappa shape index (κ1) is 18.9. The molecule has 0 spiro atoms. The lowest BCUT2D eigenvalue weighted by atomic mass is 10.2. The summed E-state index contributed by atoms with van der Waals surface area (Å²) in [6.07, 6.45) is 3.57. The molecule has 1 aliphatic rings. The van der Waals surface area contributed by atoms with Crippen molar-refractivity contribution in [2.75, 3.05) is 13.7 Å². The summed E-state index contributed by atoms with van der Waals surface area (Å²) in [4.78, 5) is 1.16. The average Bonchev–Trinajstić information content (AvgIpc) is 3.47. The fraction of sp³-hybridized carbons (Fsp3) is 0.316. The molecule has 0 saturated carbocycles. The van der Waals surface area contributed by atoms with Gasteiger partial charge in [-0.05, 0) is 60.3 Å². The summed E-state index contributed by atoms with van der Waals surface area (Å²) in [5.74, 6) is 2.03. The molecule has 28 heavy (non-hydrogen) atoms. The summed E-state index contributed by atoms with van der Waals surface area (Å²) in [5.41, 5.74) is 0.863. The van der Waals surface area contributed by atoms with Crippen molar-refractivity contribution in [1.29, 1.82) is 0 Å². The molecule has 0 unspecified atom stereocenters. The lowest BCUT2D eigenvalue weighted by Crippen LogP contribution is -2.05. The molecule has 1 aromatic carbocycles. The SMILES string of the molecule is COc1cc(/C=N\n2c([C@H]3CCCO3)n[nH]c2=S)ccc1OCc1cccs1. The molecule has 0 radical (unpaired) electrons. The second kappa shape index (κ2) is 8.68. The maximum absolute atomic E-state index is 5.87. The summed E-state index contributed by atoms with van der Waals surface area (Å²) < 4.78 is 19.1. The number of aromatic nitrogens is 3. The molecule has 1 N–H and O–H groups in total. The smallest absolute Gasteiger partial charge is 0.216 e. The van der Waals surface area contributed by atoms with Crippen molar-refractivity contribution >= 4 is 29.8 Å². The van der Waals surface area contributed by atoms with Gasteiger partial charge in [0.2, 0.25) is 4.77 Å². The Morgan fingerprint density at radius 1 is 1.43 bits per heavy atom. The number of aromatic amines is 1. The highest BCUT2D eigenvalue weighted by molar-refractivity contribution is 7.71. The Morgan fingerprint density at radius 2 is 2.36 bits per heavy atom. The Kier molecular flexibility index (Phi) is 5.84. The van der Waals surface area contributed by atoms with E-state index in [0.29, 0.717) is 28.7 Å². The minimum Gasteiger partial charge on any atom is -0.493 e. The average molecular weight is 417 g/mol. The molecule has 146 valence electrons. The second-order valence-electron chi connectivity index (χ2n) is 6.22. The van der Waals surface area contributed by atoms with Gasteiger partial charge in [0.25, 0.3) is 0 Å². The van der Waals surface area contributed by atoms with Crippen molar-refractivity contribution in [2.45, 2.75) is 25.6 Å². The van der Waals surface area contributed by atoms with E-state index in [2.05, 4.69) is 15.3 Å². The van der Waals surface area contributed by atoms with Crippen LogP contribution in [0.25, 0.3) is 0 Å². The topological polar surface area (TPSA) is 73.7 Å². The van der Waals surface area contributed by atoms with E-state index in [4.69, 9.17) is 26.4 Å². The van der Waals surface area contributed by atoms with E-state index in [-0.39, 0.29) is 6.10 Å². The van der Waals surface area contributed by atoms with Gasteiger partial charge in [0.15, 0.2) is 17.3 Å². The zero-order chi connectivity index (χ0) is 19.3. The number of nitrogens with zero attached hydrogens (tertiary/aromatic N) is 3. The first-order valence-corrected chi connectivity index (χ1v) is 10.2. The van der Waals surface area contributed by atoms with Gasteiger partial charge in [-0.15, -0.1) is 11.3 Å². The molecule has 7 nitrogen and oxygen atoms in total. The highest BCUT2D eigenvalue weighted by atomic mass is 32.1. The van der Waals surface area contributed by atoms with Crippen LogP contribution in [0.2, 0.25) is 0 Å². The van der Waals surface area contributed by atoms with Crippen LogP contribution >= 0.6 is 23.6 Å². The van der Waals surface area contributed by atoms with Gasteiger partial charge in [-0.2, -0.15) is 14.9 Å². The van der Waals surface area contributed by atoms with Crippen LogP contribution in [0, 0.1) is 4.77 Å². The number of rotatable bonds is 7. The van der Waals surface area contributed by atoms with Crippen molar-refractivity contribution in [2.24, 2.45) is 5.10 Å². The number of thiophene rings is 1. The molecule has 3 aromatic rings. The van der Waals surface area contributed by atoms with E-state index in [1.54, 1.807) is 29.3 Å². The highest BCUT2D eigenvalue weighted by Crippen LogP contribution is 2.29. The molecule has 0 bridgehead atoms. The Bertz CT molecular complexity index is 1000. The van der Waals surface area contributed by atoms with Gasteiger partial charge in [-0.25, -0.2) is 0 Å². The van der Waals surface area contributed by atoms with Crippen LogP contribution in [0.4, 0.5) is 0 Å². The molecular formula is C19H20N4O3S2. The molecule has 0 amide bonds. The third-order valence-electron chi connectivity index (χ3n) is 4.35. The van der Waals surface area contributed by atoms with Gasteiger partial charge in [0.1, 0.15) is 12.7 Å². The van der Waals surface area contributed by atoms with E-state index in [0.717, 1.165) is 29.9 Å². The lowest BCUT2D eigenvalue weighted by Gasteiger charge is -2.10.